The molecule has 0 amide bonds. The molecular formula is C15H22N2O2S. The summed E-state index contributed by atoms with van der Waals surface area (Å²) in [6.45, 7) is 6.32. The predicted octanol–water partition coefficient (Wildman–Crippen LogP) is 2.78. The van der Waals surface area contributed by atoms with Crippen molar-refractivity contribution in [1.29, 1.82) is 0 Å². The monoisotopic (exact) mass is 294 g/mol. The fourth-order valence-corrected chi connectivity index (χ4v) is 3.53. The molecule has 2 N–H and O–H groups in total. The van der Waals surface area contributed by atoms with Crippen LogP contribution in [-0.4, -0.2) is 36.7 Å². The number of rotatable bonds is 2. The van der Waals surface area contributed by atoms with Crippen molar-refractivity contribution >= 4 is 29.1 Å². The molecule has 4 nitrogen and oxygen atoms in total. The van der Waals surface area contributed by atoms with Gasteiger partial charge in [0.15, 0.2) is 0 Å². The summed E-state index contributed by atoms with van der Waals surface area (Å²) in [6.07, 6.45) is 1.06. The first-order valence-electron chi connectivity index (χ1n) is 6.80. The molecule has 0 radical (unpaired) electrons. The first-order chi connectivity index (χ1) is 9.44. The summed E-state index contributed by atoms with van der Waals surface area (Å²) in [5.74, 6) is 0.700. The van der Waals surface area contributed by atoms with Crippen molar-refractivity contribution in [2.75, 3.05) is 36.6 Å². The van der Waals surface area contributed by atoms with Crippen molar-refractivity contribution in [3.63, 3.8) is 0 Å². The highest BCUT2D eigenvalue weighted by atomic mass is 32.2. The highest BCUT2D eigenvalue weighted by Crippen LogP contribution is 2.35. The lowest BCUT2D eigenvalue weighted by molar-refractivity contribution is 0.0601. The molecule has 1 saturated heterocycles. The van der Waals surface area contributed by atoms with Crippen LogP contribution in [0.5, 0.6) is 0 Å². The standard InChI is InChI=1S/C15H22N2O2S/c1-15(2)7-8-17(9-10-20-15)13-11(14(18)19-3)5-4-6-12(13)16/h4-6H,7-10,16H2,1-3H3. The van der Waals surface area contributed by atoms with E-state index < -0.39 is 0 Å². The molecule has 1 fully saturated rings. The Kier molecular flexibility index (Phi) is 4.48. The van der Waals surface area contributed by atoms with E-state index >= 15 is 0 Å². The van der Waals surface area contributed by atoms with Crippen LogP contribution < -0.4 is 10.6 Å². The van der Waals surface area contributed by atoms with Gasteiger partial charge in [0, 0.05) is 23.6 Å². The van der Waals surface area contributed by atoms with E-state index in [1.54, 1.807) is 12.1 Å². The molecule has 0 aromatic heterocycles. The van der Waals surface area contributed by atoms with Gasteiger partial charge in [0.1, 0.15) is 0 Å². The molecular weight excluding hydrogens is 272 g/mol. The van der Waals surface area contributed by atoms with Gasteiger partial charge in [-0.2, -0.15) is 11.8 Å². The Bertz CT molecular complexity index is 503. The molecule has 1 aromatic rings. The summed E-state index contributed by atoms with van der Waals surface area (Å²) in [5.41, 5.74) is 8.11. The molecule has 20 heavy (non-hydrogen) atoms. The number of nitrogens with zero attached hydrogens (tertiary/aromatic N) is 1. The van der Waals surface area contributed by atoms with Gasteiger partial charge in [0.25, 0.3) is 0 Å². The van der Waals surface area contributed by atoms with Crippen LogP contribution >= 0.6 is 11.8 Å². The van der Waals surface area contributed by atoms with Crippen LogP contribution in [-0.2, 0) is 4.74 Å². The average Bonchev–Trinajstić information content (AvgIpc) is 2.58. The number of hydrogen-bond acceptors (Lipinski definition) is 5. The van der Waals surface area contributed by atoms with E-state index in [0.29, 0.717) is 11.3 Å². The van der Waals surface area contributed by atoms with Crippen molar-refractivity contribution in [1.82, 2.24) is 0 Å². The number of para-hydroxylation sites is 1. The van der Waals surface area contributed by atoms with Crippen LogP contribution in [0.2, 0.25) is 0 Å². The minimum absolute atomic E-state index is 0.268. The van der Waals surface area contributed by atoms with Crippen LogP contribution in [0, 0.1) is 0 Å². The van der Waals surface area contributed by atoms with Crippen LogP contribution in [0.4, 0.5) is 11.4 Å². The lowest BCUT2D eigenvalue weighted by Gasteiger charge is -2.27. The van der Waals surface area contributed by atoms with E-state index in [1.807, 2.05) is 17.8 Å². The summed E-state index contributed by atoms with van der Waals surface area (Å²) >= 11 is 1.97. The van der Waals surface area contributed by atoms with Gasteiger partial charge >= 0.3 is 5.97 Å². The largest absolute Gasteiger partial charge is 0.465 e. The number of hydrogen-bond donors (Lipinski definition) is 1. The van der Waals surface area contributed by atoms with Crippen LogP contribution in [0.1, 0.15) is 30.6 Å². The lowest BCUT2D eigenvalue weighted by atomic mass is 10.1. The quantitative estimate of drug-likeness (QED) is 0.671. The van der Waals surface area contributed by atoms with Gasteiger partial charge in [-0.15, -0.1) is 0 Å². The SMILES string of the molecule is COC(=O)c1cccc(N)c1N1CCSC(C)(C)CC1. The summed E-state index contributed by atoms with van der Waals surface area (Å²) in [5, 5.41) is 0. The van der Waals surface area contributed by atoms with E-state index in [2.05, 4.69) is 18.7 Å². The number of carbonyl (C=O) groups is 1. The number of anilines is 2. The molecule has 2 rings (SSSR count). The van der Waals surface area contributed by atoms with E-state index in [-0.39, 0.29) is 10.7 Å². The van der Waals surface area contributed by atoms with Crippen LogP contribution in [0.3, 0.4) is 0 Å². The Morgan fingerprint density at radius 2 is 2.15 bits per heavy atom. The van der Waals surface area contributed by atoms with E-state index in [1.165, 1.54) is 7.11 Å². The minimum atomic E-state index is -0.330. The number of esters is 1. The Hall–Kier alpha value is -1.36. The molecule has 0 spiro atoms. The summed E-state index contributed by atoms with van der Waals surface area (Å²) in [7, 11) is 1.40. The molecule has 1 aliphatic heterocycles. The number of ether oxygens (including phenoxy) is 1. The summed E-state index contributed by atoms with van der Waals surface area (Å²) in [6, 6.07) is 5.41. The smallest absolute Gasteiger partial charge is 0.340 e. The van der Waals surface area contributed by atoms with Crippen LogP contribution in [0.25, 0.3) is 0 Å². The predicted molar refractivity (Wildman–Crippen MR) is 85.6 cm³/mol. The minimum Gasteiger partial charge on any atom is -0.465 e. The van der Waals surface area contributed by atoms with Crippen LogP contribution in [0.15, 0.2) is 18.2 Å². The molecule has 1 heterocycles. The highest BCUT2D eigenvalue weighted by Gasteiger charge is 2.27. The van der Waals surface area contributed by atoms with Gasteiger partial charge in [-0.1, -0.05) is 19.9 Å². The zero-order valence-electron chi connectivity index (χ0n) is 12.3. The molecule has 1 aromatic carbocycles. The van der Waals surface area contributed by atoms with Gasteiger partial charge in [-0.05, 0) is 18.6 Å². The topological polar surface area (TPSA) is 55.6 Å². The second-order valence-corrected chi connectivity index (χ2v) is 7.38. The van der Waals surface area contributed by atoms with Crippen molar-refractivity contribution < 1.29 is 9.53 Å². The van der Waals surface area contributed by atoms with Gasteiger partial charge in [-0.3, -0.25) is 0 Å². The number of methoxy groups -OCH3 is 1. The second kappa shape index (κ2) is 5.95. The maximum absolute atomic E-state index is 11.9. The fraction of sp³-hybridized carbons (Fsp3) is 0.533. The van der Waals surface area contributed by atoms with Gasteiger partial charge in [0.2, 0.25) is 0 Å². The molecule has 0 atom stereocenters. The Labute approximate surface area is 124 Å². The maximum Gasteiger partial charge on any atom is 0.340 e. The summed E-state index contributed by atoms with van der Waals surface area (Å²) < 4.78 is 5.14. The normalized spacial score (nSPS) is 18.4. The van der Waals surface area contributed by atoms with Crippen molar-refractivity contribution in [3.8, 4) is 0 Å². The Balaban J connectivity index is 2.34. The molecule has 0 unspecified atom stereocenters. The van der Waals surface area contributed by atoms with Crippen molar-refractivity contribution in [2.45, 2.75) is 25.0 Å². The molecule has 0 aliphatic carbocycles. The number of carbonyl (C=O) groups excluding carboxylic acids is 1. The van der Waals surface area contributed by atoms with Crippen molar-refractivity contribution in [2.24, 2.45) is 0 Å². The fourth-order valence-electron chi connectivity index (χ4n) is 2.43. The third kappa shape index (κ3) is 3.20. The maximum atomic E-state index is 11.9. The average molecular weight is 294 g/mol. The lowest BCUT2D eigenvalue weighted by Crippen LogP contribution is -2.29. The van der Waals surface area contributed by atoms with Gasteiger partial charge in [-0.25, -0.2) is 4.79 Å². The third-order valence-corrected chi connectivity index (χ3v) is 5.00. The highest BCUT2D eigenvalue weighted by molar-refractivity contribution is 8.00. The van der Waals surface area contributed by atoms with E-state index in [0.717, 1.165) is 31.0 Å². The van der Waals surface area contributed by atoms with Crippen molar-refractivity contribution in [3.05, 3.63) is 23.8 Å². The van der Waals surface area contributed by atoms with Gasteiger partial charge < -0.3 is 15.4 Å². The third-order valence-electron chi connectivity index (χ3n) is 3.63. The number of benzene rings is 1. The molecule has 0 bridgehead atoms. The van der Waals surface area contributed by atoms with Gasteiger partial charge in [0.05, 0.1) is 24.0 Å². The Morgan fingerprint density at radius 1 is 1.40 bits per heavy atom. The number of thioether (sulfide) groups is 1. The molecule has 1 aliphatic rings. The zero-order chi connectivity index (χ0) is 14.8. The number of nitrogens with two attached hydrogens (primary N) is 1. The second-order valence-electron chi connectivity index (χ2n) is 5.58. The molecule has 0 saturated carbocycles. The van der Waals surface area contributed by atoms with E-state index in [9.17, 15) is 4.79 Å². The first-order valence-corrected chi connectivity index (χ1v) is 7.79. The molecule has 110 valence electrons. The van der Waals surface area contributed by atoms with E-state index in [4.69, 9.17) is 10.5 Å². The molecule has 5 heteroatoms. The summed E-state index contributed by atoms with van der Waals surface area (Å²) in [4.78, 5) is 14.1. The zero-order valence-corrected chi connectivity index (χ0v) is 13.1. The first kappa shape index (κ1) is 15.0. The Morgan fingerprint density at radius 3 is 2.85 bits per heavy atom. The number of nitrogen functional groups attached to an aromatic ring is 1.